The Morgan fingerprint density at radius 3 is 2.71 bits per heavy atom. The van der Waals surface area contributed by atoms with Gasteiger partial charge < -0.3 is 20.1 Å². The first-order chi connectivity index (χ1) is 15.2. The Hall–Kier alpha value is -2.86. The first kappa shape index (κ1) is 21.4. The van der Waals surface area contributed by atoms with Gasteiger partial charge in [-0.3, -0.25) is 9.59 Å². The standard InChI is InChI=1S/C25H30N2O4/c28-24(26-14-7-15-30-21-11-2-1-3-12-21)19-9-6-10-20(16-19)27-25(29)23-17-18-8-4-5-13-22(18)31-23/h4-6,8-10,13,16,21,23H,1-3,7,11-12,14-15,17H2,(H,26,28)(H,27,29). The summed E-state index contributed by atoms with van der Waals surface area (Å²) >= 11 is 0. The van der Waals surface area contributed by atoms with Gasteiger partial charge in [-0.15, -0.1) is 0 Å². The molecule has 0 bridgehead atoms. The molecule has 1 aliphatic carbocycles. The van der Waals surface area contributed by atoms with Gasteiger partial charge in [0.25, 0.3) is 11.8 Å². The van der Waals surface area contributed by atoms with Crippen molar-refractivity contribution in [3.05, 3.63) is 59.7 Å². The first-order valence-corrected chi connectivity index (χ1v) is 11.2. The molecule has 1 unspecified atom stereocenters. The third-order valence-electron chi connectivity index (χ3n) is 5.84. The summed E-state index contributed by atoms with van der Waals surface area (Å²) in [4.78, 5) is 25.1. The van der Waals surface area contributed by atoms with E-state index < -0.39 is 6.10 Å². The Kier molecular flexibility index (Phi) is 7.20. The molecule has 2 aliphatic rings. The van der Waals surface area contributed by atoms with E-state index >= 15 is 0 Å². The van der Waals surface area contributed by atoms with Crippen LogP contribution in [0.1, 0.15) is 54.4 Å². The number of fused-ring (bicyclic) bond motifs is 1. The number of carbonyl (C=O) groups excluding carboxylic acids is 2. The molecule has 1 atom stereocenters. The lowest BCUT2D eigenvalue weighted by atomic mass is 9.98. The van der Waals surface area contributed by atoms with Crippen molar-refractivity contribution in [1.82, 2.24) is 5.32 Å². The van der Waals surface area contributed by atoms with Crippen LogP contribution in [0.15, 0.2) is 48.5 Å². The lowest BCUT2D eigenvalue weighted by molar-refractivity contribution is -0.122. The van der Waals surface area contributed by atoms with Crippen molar-refractivity contribution in [1.29, 1.82) is 0 Å². The zero-order chi connectivity index (χ0) is 21.5. The molecule has 1 heterocycles. The van der Waals surface area contributed by atoms with Crippen molar-refractivity contribution in [2.45, 2.75) is 57.2 Å². The Morgan fingerprint density at radius 1 is 1.03 bits per heavy atom. The van der Waals surface area contributed by atoms with E-state index in [9.17, 15) is 9.59 Å². The van der Waals surface area contributed by atoms with E-state index in [1.165, 1.54) is 19.3 Å². The molecule has 6 nitrogen and oxygen atoms in total. The normalized spacial score (nSPS) is 18.1. The van der Waals surface area contributed by atoms with Crippen LogP contribution in [0.5, 0.6) is 5.75 Å². The molecule has 4 rings (SSSR count). The van der Waals surface area contributed by atoms with E-state index in [-0.39, 0.29) is 11.8 Å². The number of anilines is 1. The van der Waals surface area contributed by atoms with Crippen LogP contribution in [0.2, 0.25) is 0 Å². The number of hydrogen-bond donors (Lipinski definition) is 2. The summed E-state index contributed by atoms with van der Waals surface area (Å²) in [5.41, 5.74) is 2.13. The third kappa shape index (κ3) is 5.85. The molecule has 2 amide bonds. The molecular weight excluding hydrogens is 392 g/mol. The van der Waals surface area contributed by atoms with Gasteiger partial charge >= 0.3 is 0 Å². The first-order valence-electron chi connectivity index (χ1n) is 11.2. The fraction of sp³-hybridized carbons (Fsp3) is 0.440. The SMILES string of the molecule is O=C(NCCCOC1CCCCC1)c1cccc(NC(=O)C2Cc3ccccc3O2)c1. The molecular formula is C25H30N2O4. The summed E-state index contributed by atoms with van der Waals surface area (Å²) < 4.78 is 11.6. The monoisotopic (exact) mass is 422 g/mol. The summed E-state index contributed by atoms with van der Waals surface area (Å²) in [6, 6.07) is 14.6. The van der Waals surface area contributed by atoms with E-state index in [1.54, 1.807) is 24.3 Å². The van der Waals surface area contributed by atoms with Crippen molar-refractivity contribution in [3.8, 4) is 5.75 Å². The van der Waals surface area contributed by atoms with Crippen molar-refractivity contribution >= 4 is 17.5 Å². The van der Waals surface area contributed by atoms with Gasteiger partial charge in [-0.2, -0.15) is 0 Å². The minimum atomic E-state index is -0.556. The second-order valence-electron chi connectivity index (χ2n) is 8.23. The molecule has 0 aromatic heterocycles. The molecule has 6 heteroatoms. The summed E-state index contributed by atoms with van der Waals surface area (Å²) in [6.45, 7) is 1.24. The van der Waals surface area contributed by atoms with Crippen LogP contribution in [0, 0.1) is 0 Å². The van der Waals surface area contributed by atoms with Gasteiger partial charge in [0.2, 0.25) is 0 Å². The van der Waals surface area contributed by atoms with Crippen molar-refractivity contribution in [3.63, 3.8) is 0 Å². The van der Waals surface area contributed by atoms with Gasteiger partial charge in [-0.05, 0) is 49.1 Å². The number of rotatable bonds is 8. The summed E-state index contributed by atoms with van der Waals surface area (Å²) in [6.07, 6.45) is 7.31. The van der Waals surface area contributed by atoms with Gasteiger partial charge in [-0.25, -0.2) is 0 Å². The van der Waals surface area contributed by atoms with Gasteiger partial charge in [0.15, 0.2) is 6.10 Å². The van der Waals surface area contributed by atoms with Gasteiger partial charge in [0.05, 0.1) is 6.10 Å². The number of ether oxygens (including phenoxy) is 2. The summed E-state index contributed by atoms with van der Waals surface area (Å²) in [7, 11) is 0. The van der Waals surface area contributed by atoms with Gasteiger partial charge in [0, 0.05) is 30.8 Å². The predicted octanol–water partition coefficient (Wildman–Crippen LogP) is 4.10. The highest BCUT2D eigenvalue weighted by Gasteiger charge is 2.28. The highest BCUT2D eigenvalue weighted by atomic mass is 16.5. The molecule has 2 aromatic carbocycles. The van der Waals surface area contributed by atoms with E-state index in [2.05, 4.69) is 10.6 Å². The predicted molar refractivity (Wildman–Crippen MR) is 119 cm³/mol. The molecule has 1 aliphatic heterocycles. The van der Waals surface area contributed by atoms with Crippen LogP contribution in [-0.4, -0.2) is 37.2 Å². The van der Waals surface area contributed by atoms with Crippen LogP contribution >= 0.6 is 0 Å². The Bertz CT molecular complexity index is 883. The van der Waals surface area contributed by atoms with Crippen LogP contribution in [0.4, 0.5) is 5.69 Å². The second kappa shape index (κ2) is 10.4. The quantitative estimate of drug-likeness (QED) is 0.628. The fourth-order valence-corrected chi connectivity index (χ4v) is 4.15. The highest BCUT2D eigenvalue weighted by Crippen LogP contribution is 2.28. The number of hydrogen-bond acceptors (Lipinski definition) is 4. The number of para-hydroxylation sites is 1. The van der Waals surface area contributed by atoms with Crippen molar-refractivity contribution in [2.75, 3.05) is 18.5 Å². The van der Waals surface area contributed by atoms with E-state index in [4.69, 9.17) is 9.47 Å². The lowest BCUT2D eigenvalue weighted by Gasteiger charge is -2.21. The van der Waals surface area contributed by atoms with Crippen molar-refractivity contribution in [2.24, 2.45) is 0 Å². The topological polar surface area (TPSA) is 76.7 Å². The summed E-state index contributed by atoms with van der Waals surface area (Å²) in [5, 5.41) is 5.79. The van der Waals surface area contributed by atoms with Crippen LogP contribution < -0.4 is 15.4 Å². The third-order valence-corrected chi connectivity index (χ3v) is 5.84. The average Bonchev–Trinajstić information content (AvgIpc) is 3.24. The molecule has 31 heavy (non-hydrogen) atoms. The van der Waals surface area contributed by atoms with Gasteiger partial charge in [-0.1, -0.05) is 43.5 Å². The minimum Gasteiger partial charge on any atom is -0.480 e. The lowest BCUT2D eigenvalue weighted by Crippen LogP contribution is -2.31. The molecule has 0 saturated heterocycles. The number of benzene rings is 2. The van der Waals surface area contributed by atoms with E-state index in [0.717, 1.165) is 30.6 Å². The molecule has 0 radical (unpaired) electrons. The smallest absolute Gasteiger partial charge is 0.265 e. The Labute approximate surface area is 183 Å². The van der Waals surface area contributed by atoms with E-state index in [1.807, 2.05) is 24.3 Å². The minimum absolute atomic E-state index is 0.154. The molecule has 0 spiro atoms. The van der Waals surface area contributed by atoms with Gasteiger partial charge in [0.1, 0.15) is 5.75 Å². The van der Waals surface area contributed by atoms with E-state index in [0.29, 0.717) is 36.9 Å². The molecule has 164 valence electrons. The summed E-state index contributed by atoms with van der Waals surface area (Å²) in [5.74, 6) is 0.384. The van der Waals surface area contributed by atoms with Crippen LogP contribution in [0.25, 0.3) is 0 Å². The van der Waals surface area contributed by atoms with Crippen LogP contribution in [-0.2, 0) is 16.0 Å². The van der Waals surface area contributed by atoms with Crippen LogP contribution in [0.3, 0.4) is 0 Å². The number of nitrogens with one attached hydrogen (secondary N) is 2. The molecule has 2 N–H and O–H groups in total. The maximum atomic E-state index is 12.6. The Morgan fingerprint density at radius 2 is 1.87 bits per heavy atom. The molecule has 2 aromatic rings. The average molecular weight is 423 g/mol. The zero-order valence-electron chi connectivity index (χ0n) is 17.8. The number of carbonyl (C=O) groups is 2. The maximum absolute atomic E-state index is 12.6. The second-order valence-corrected chi connectivity index (χ2v) is 8.23. The highest BCUT2D eigenvalue weighted by molar-refractivity contribution is 5.98. The zero-order valence-corrected chi connectivity index (χ0v) is 17.8. The number of amides is 2. The van der Waals surface area contributed by atoms with Crippen molar-refractivity contribution < 1.29 is 19.1 Å². The Balaban J connectivity index is 1.21. The maximum Gasteiger partial charge on any atom is 0.265 e. The fourth-order valence-electron chi connectivity index (χ4n) is 4.15. The largest absolute Gasteiger partial charge is 0.480 e. The molecule has 1 saturated carbocycles. The molecule has 1 fully saturated rings.